The third-order valence-electron chi connectivity index (χ3n) is 6.79. The van der Waals surface area contributed by atoms with Gasteiger partial charge in [-0.25, -0.2) is 4.57 Å². The summed E-state index contributed by atoms with van der Waals surface area (Å²) >= 11 is 0. The summed E-state index contributed by atoms with van der Waals surface area (Å²) in [5.74, 6) is -0.358. The van der Waals surface area contributed by atoms with E-state index >= 15 is 0 Å². The molecule has 1 heterocycles. The number of nitrogens with one attached hydrogen (secondary N) is 1. The summed E-state index contributed by atoms with van der Waals surface area (Å²) in [4.78, 5) is 12.5. The van der Waals surface area contributed by atoms with E-state index in [2.05, 4.69) is 5.32 Å². The van der Waals surface area contributed by atoms with Crippen molar-refractivity contribution in [3.63, 3.8) is 0 Å². The molecule has 4 rings (SSSR count). The summed E-state index contributed by atoms with van der Waals surface area (Å²) < 4.78 is 55.8. The van der Waals surface area contributed by atoms with Crippen molar-refractivity contribution in [1.29, 1.82) is 0 Å². The second kappa shape index (κ2) is 17.5. The van der Waals surface area contributed by atoms with Crippen molar-refractivity contribution in [2.45, 2.75) is 71.2 Å². The van der Waals surface area contributed by atoms with Crippen LogP contribution in [0, 0.1) is 0 Å². The highest BCUT2D eigenvalue weighted by Gasteiger charge is 2.51. The lowest BCUT2D eigenvalue weighted by Crippen LogP contribution is -2.65. The molecular formula is C33H42NO9P. The van der Waals surface area contributed by atoms with Crippen LogP contribution in [-0.4, -0.2) is 56.4 Å². The summed E-state index contributed by atoms with van der Waals surface area (Å²) in [6.07, 6.45) is -3.53. The summed E-state index contributed by atoms with van der Waals surface area (Å²) in [6.45, 7) is 5.80. The Labute approximate surface area is 259 Å². The van der Waals surface area contributed by atoms with Gasteiger partial charge in [-0.1, -0.05) is 91.0 Å². The van der Waals surface area contributed by atoms with E-state index in [0.717, 1.165) is 16.7 Å². The highest BCUT2D eigenvalue weighted by molar-refractivity contribution is 7.48. The van der Waals surface area contributed by atoms with Gasteiger partial charge in [0, 0.05) is 6.92 Å². The molecule has 3 aromatic rings. The average molecular weight is 628 g/mol. The maximum absolute atomic E-state index is 13.5. The fourth-order valence-electron chi connectivity index (χ4n) is 4.86. The molecule has 3 aromatic carbocycles. The molecule has 0 spiro atoms. The molecule has 1 fully saturated rings. The summed E-state index contributed by atoms with van der Waals surface area (Å²) in [5, 5.41) is 2.89. The molecule has 0 aromatic heterocycles. The first-order valence-corrected chi connectivity index (χ1v) is 16.3. The number of benzene rings is 3. The Morgan fingerprint density at radius 3 is 1.70 bits per heavy atom. The normalized spacial score (nSPS) is 22.0. The zero-order chi connectivity index (χ0) is 31.2. The van der Waals surface area contributed by atoms with E-state index in [9.17, 15) is 9.36 Å². The second-order valence-electron chi connectivity index (χ2n) is 10.2. The van der Waals surface area contributed by atoms with Gasteiger partial charge >= 0.3 is 7.82 Å². The summed E-state index contributed by atoms with van der Waals surface area (Å²) in [7, 11) is -4.07. The third kappa shape index (κ3) is 10.3. The van der Waals surface area contributed by atoms with Gasteiger partial charge < -0.3 is 24.3 Å². The zero-order valence-corrected chi connectivity index (χ0v) is 26.3. The van der Waals surface area contributed by atoms with Gasteiger partial charge in [0.1, 0.15) is 24.4 Å². The largest absolute Gasteiger partial charge is 0.477 e. The molecule has 1 aliphatic rings. The highest BCUT2D eigenvalue weighted by atomic mass is 31.2. The van der Waals surface area contributed by atoms with E-state index in [0.29, 0.717) is 6.61 Å². The van der Waals surface area contributed by atoms with Gasteiger partial charge in [-0.3, -0.25) is 18.4 Å². The van der Waals surface area contributed by atoms with Crippen molar-refractivity contribution >= 4 is 13.7 Å². The van der Waals surface area contributed by atoms with E-state index in [-0.39, 0.29) is 38.9 Å². The van der Waals surface area contributed by atoms with Crippen LogP contribution in [0.1, 0.15) is 37.5 Å². The van der Waals surface area contributed by atoms with Gasteiger partial charge in [-0.2, -0.15) is 0 Å². The van der Waals surface area contributed by atoms with E-state index in [1.807, 2.05) is 91.0 Å². The number of amides is 1. The highest BCUT2D eigenvalue weighted by Crippen LogP contribution is 2.52. The smallest absolute Gasteiger partial charge is 0.374 e. The predicted molar refractivity (Wildman–Crippen MR) is 164 cm³/mol. The van der Waals surface area contributed by atoms with Crippen LogP contribution in [0.4, 0.5) is 0 Å². The number of rotatable bonds is 17. The molecule has 1 aliphatic heterocycles. The van der Waals surface area contributed by atoms with Crippen LogP contribution < -0.4 is 5.32 Å². The van der Waals surface area contributed by atoms with E-state index in [4.69, 9.17) is 32.5 Å². The minimum atomic E-state index is -4.07. The number of hydrogen-bond acceptors (Lipinski definition) is 9. The van der Waals surface area contributed by atoms with E-state index in [1.54, 1.807) is 13.8 Å². The molecule has 0 saturated carbocycles. The van der Waals surface area contributed by atoms with Gasteiger partial charge in [-0.15, -0.1) is 0 Å². The molecule has 238 valence electrons. The van der Waals surface area contributed by atoms with E-state index < -0.39 is 38.5 Å². The second-order valence-corrected chi connectivity index (χ2v) is 11.8. The Morgan fingerprint density at radius 2 is 1.23 bits per heavy atom. The number of phosphoric acid groups is 1. The molecular weight excluding hydrogens is 585 g/mol. The van der Waals surface area contributed by atoms with Crippen molar-refractivity contribution in [2.24, 2.45) is 0 Å². The van der Waals surface area contributed by atoms with Crippen LogP contribution in [0.15, 0.2) is 91.0 Å². The van der Waals surface area contributed by atoms with Crippen molar-refractivity contribution in [1.82, 2.24) is 5.32 Å². The molecule has 1 saturated heterocycles. The Hall–Kier alpha value is -2.92. The molecule has 11 heteroatoms. The molecule has 0 radical (unpaired) electrons. The minimum absolute atomic E-state index is 0.0785. The molecule has 0 bridgehead atoms. The zero-order valence-electron chi connectivity index (χ0n) is 25.4. The molecule has 0 aliphatic carbocycles. The maximum atomic E-state index is 13.5. The van der Waals surface area contributed by atoms with Crippen molar-refractivity contribution < 1.29 is 41.9 Å². The number of carbonyl (C=O) groups excluding carboxylic acids is 1. The van der Waals surface area contributed by atoms with Crippen LogP contribution >= 0.6 is 7.82 Å². The van der Waals surface area contributed by atoms with Gasteiger partial charge in [0.15, 0.2) is 6.29 Å². The Bertz CT molecular complexity index is 1290. The predicted octanol–water partition coefficient (Wildman–Crippen LogP) is 5.80. The van der Waals surface area contributed by atoms with Crippen molar-refractivity contribution in [3.05, 3.63) is 108 Å². The Morgan fingerprint density at radius 1 is 0.750 bits per heavy atom. The first-order chi connectivity index (χ1) is 21.4. The topological polar surface area (TPSA) is 111 Å². The van der Waals surface area contributed by atoms with Crippen LogP contribution in [0.5, 0.6) is 0 Å². The van der Waals surface area contributed by atoms with Gasteiger partial charge in [0.05, 0.1) is 39.6 Å². The summed E-state index contributed by atoms with van der Waals surface area (Å²) in [5.41, 5.74) is 2.86. The average Bonchev–Trinajstić information content (AvgIpc) is 3.02. The van der Waals surface area contributed by atoms with Gasteiger partial charge in [0.2, 0.25) is 5.91 Å². The fraction of sp³-hybridized carbons (Fsp3) is 0.424. The number of carbonyl (C=O) groups is 1. The molecule has 1 amide bonds. The number of phosphoric ester groups is 1. The molecule has 5 atom stereocenters. The standard InChI is InChI=1S/C33H42NO9P/c1-4-40-44(36,41-5-2)43-33-30(34-25(3)35)32(39-23-28-19-13-8-14-20-28)31(38-22-27-17-11-7-12-18-27)29(42-33)24-37-21-26-15-9-6-10-16-26/h6-20,29-33H,4-5,21-24H2,1-3H3,(H,34,35)/t29-,30-,31-,32-,33-/m1/s1. The molecule has 44 heavy (non-hydrogen) atoms. The molecule has 0 unspecified atom stereocenters. The van der Waals surface area contributed by atoms with Crippen LogP contribution in [0.3, 0.4) is 0 Å². The van der Waals surface area contributed by atoms with Gasteiger partial charge in [-0.05, 0) is 30.5 Å². The van der Waals surface area contributed by atoms with Crippen molar-refractivity contribution in [3.8, 4) is 0 Å². The molecule has 10 nitrogen and oxygen atoms in total. The Kier molecular flexibility index (Phi) is 13.5. The lowest BCUT2D eigenvalue weighted by molar-refractivity contribution is -0.273. The lowest BCUT2D eigenvalue weighted by Gasteiger charge is -2.46. The van der Waals surface area contributed by atoms with Crippen LogP contribution in [0.2, 0.25) is 0 Å². The van der Waals surface area contributed by atoms with Crippen LogP contribution in [-0.2, 0) is 61.7 Å². The first kappa shape index (κ1) is 34.0. The summed E-state index contributed by atoms with van der Waals surface area (Å²) in [6, 6.07) is 28.2. The first-order valence-electron chi connectivity index (χ1n) is 14.8. The SMILES string of the molecule is CCOP(=O)(OCC)O[C@H]1O[C@H](COCc2ccccc2)[C@@H](OCc2ccccc2)[C@H](OCc2ccccc2)[C@H]1NC(C)=O. The third-order valence-corrected chi connectivity index (χ3v) is 8.40. The Balaban J connectivity index is 1.67. The van der Waals surface area contributed by atoms with Crippen LogP contribution in [0.25, 0.3) is 0 Å². The number of ether oxygens (including phenoxy) is 4. The lowest BCUT2D eigenvalue weighted by atomic mass is 9.96. The quantitative estimate of drug-likeness (QED) is 0.186. The van der Waals surface area contributed by atoms with Crippen molar-refractivity contribution in [2.75, 3.05) is 19.8 Å². The van der Waals surface area contributed by atoms with Gasteiger partial charge in [0.25, 0.3) is 0 Å². The van der Waals surface area contributed by atoms with E-state index in [1.165, 1.54) is 6.92 Å². The molecule has 1 N–H and O–H groups in total. The minimum Gasteiger partial charge on any atom is -0.374 e. The fourth-order valence-corrected chi connectivity index (χ4v) is 6.12. The monoisotopic (exact) mass is 627 g/mol. The number of hydrogen-bond donors (Lipinski definition) is 1. The maximum Gasteiger partial charge on any atom is 0.477 e.